The summed E-state index contributed by atoms with van der Waals surface area (Å²) in [6.07, 6.45) is -4.09. The van der Waals surface area contributed by atoms with Crippen LogP contribution in [0.15, 0.2) is 12.1 Å². The maximum absolute atomic E-state index is 12.7. The maximum Gasteiger partial charge on any atom is 0.251 e. The van der Waals surface area contributed by atoms with E-state index in [2.05, 4.69) is 0 Å². The molecule has 0 amide bonds. The molecule has 10 heteroatoms. The molecule has 2 aliphatic heterocycles. The molecule has 0 radical (unpaired) electrons. The van der Waals surface area contributed by atoms with Crippen molar-refractivity contribution < 1.29 is 38.5 Å². The first-order chi connectivity index (χ1) is 12.7. The van der Waals surface area contributed by atoms with Crippen LogP contribution in [0.2, 0.25) is 0 Å². The van der Waals surface area contributed by atoms with Gasteiger partial charge in [-0.2, -0.15) is 0 Å². The summed E-state index contributed by atoms with van der Waals surface area (Å²) in [5.41, 5.74) is 0.381. The molecule has 0 spiro atoms. The zero-order valence-corrected chi connectivity index (χ0v) is 14.9. The van der Waals surface area contributed by atoms with Gasteiger partial charge in [0.15, 0.2) is 35.3 Å². The molecule has 146 valence electrons. The number of rotatable bonds is 3. The molecule has 3 aliphatic rings. The highest BCUT2D eigenvalue weighted by Crippen LogP contribution is 2.48. The van der Waals surface area contributed by atoms with Crippen LogP contribution in [0.4, 0.5) is 0 Å². The number of ether oxygens (including phenoxy) is 5. The number of hydrogen-bond donors (Lipinski definition) is 1. The van der Waals surface area contributed by atoms with Crippen molar-refractivity contribution in [3.05, 3.63) is 27.8 Å². The van der Waals surface area contributed by atoms with Gasteiger partial charge >= 0.3 is 0 Å². The van der Waals surface area contributed by atoms with Crippen molar-refractivity contribution in [2.45, 2.75) is 49.9 Å². The number of Topliss-reactive ketones (excluding diaryl/α,β-unsaturated/α-hetero) is 1. The van der Waals surface area contributed by atoms with E-state index in [1.165, 1.54) is 7.11 Å². The molecule has 0 aromatic heterocycles. The molecule has 1 saturated carbocycles. The second-order valence-corrected chi connectivity index (χ2v) is 7.13. The van der Waals surface area contributed by atoms with E-state index in [-0.39, 0.29) is 6.79 Å². The minimum Gasteiger partial charge on any atom is -0.493 e. The number of benzene rings is 1. The van der Waals surface area contributed by atoms with Crippen molar-refractivity contribution >= 4 is 5.78 Å². The largest absolute Gasteiger partial charge is 0.493 e. The molecule has 1 saturated heterocycles. The standard InChI is InChI=1S/C17H19NO9/c1-17(2)26-15-10(11(18(21)22)12(19)16(27-17)13(15)20)7-4-8(23-3)14-9(5-7)24-6-25-14/h4-5,10-12,15-16,19H,6H2,1-3H3/t10-,11-,12+,15-,16+/m1/s1. The van der Waals surface area contributed by atoms with E-state index >= 15 is 0 Å². The highest BCUT2D eigenvalue weighted by molar-refractivity contribution is 5.91. The average molecular weight is 381 g/mol. The predicted molar refractivity (Wildman–Crippen MR) is 87.5 cm³/mol. The Hall–Kier alpha value is -2.43. The van der Waals surface area contributed by atoms with Gasteiger partial charge in [0.25, 0.3) is 6.04 Å². The summed E-state index contributed by atoms with van der Waals surface area (Å²) in [7, 11) is 1.43. The fourth-order valence-corrected chi connectivity index (χ4v) is 3.95. The van der Waals surface area contributed by atoms with Crippen LogP contribution in [0.1, 0.15) is 25.3 Å². The van der Waals surface area contributed by atoms with Gasteiger partial charge in [-0.25, -0.2) is 0 Å². The Labute approximate surface area is 154 Å². The smallest absolute Gasteiger partial charge is 0.251 e. The monoisotopic (exact) mass is 381 g/mol. The third kappa shape index (κ3) is 2.71. The fraction of sp³-hybridized carbons (Fsp3) is 0.588. The first kappa shape index (κ1) is 18.0. The van der Waals surface area contributed by atoms with Crippen molar-refractivity contribution in [2.75, 3.05) is 13.9 Å². The molecule has 2 fully saturated rings. The Morgan fingerprint density at radius 1 is 1.26 bits per heavy atom. The van der Waals surface area contributed by atoms with Crippen LogP contribution >= 0.6 is 0 Å². The van der Waals surface area contributed by atoms with Crippen LogP contribution in [0.3, 0.4) is 0 Å². The maximum atomic E-state index is 12.7. The Morgan fingerprint density at radius 2 is 1.96 bits per heavy atom. The second kappa shape index (κ2) is 6.04. The molecule has 2 bridgehead atoms. The van der Waals surface area contributed by atoms with Crippen LogP contribution in [0.5, 0.6) is 17.2 Å². The third-order valence-electron chi connectivity index (χ3n) is 5.05. The summed E-state index contributed by atoms with van der Waals surface area (Å²) in [6, 6.07) is 1.60. The molecule has 27 heavy (non-hydrogen) atoms. The number of ketones is 1. The highest BCUT2D eigenvalue weighted by Gasteiger charge is 2.62. The topological polar surface area (TPSA) is 127 Å². The zero-order chi connectivity index (χ0) is 19.5. The fourth-order valence-electron chi connectivity index (χ4n) is 3.95. The van der Waals surface area contributed by atoms with Gasteiger partial charge in [0.2, 0.25) is 12.5 Å². The van der Waals surface area contributed by atoms with Gasteiger partial charge in [-0.1, -0.05) is 0 Å². The van der Waals surface area contributed by atoms with Gasteiger partial charge in [-0.3, -0.25) is 14.9 Å². The Balaban J connectivity index is 1.85. The molecular formula is C17H19NO9. The molecule has 10 nitrogen and oxygen atoms in total. The molecule has 0 unspecified atom stereocenters. The van der Waals surface area contributed by atoms with E-state index in [4.69, 9.17) is 23.7 Å². The van der Waals surface area contributed by atoms with Crippen LogP contribution in [0.25, 0.3) is 0 Å². The lowest BCUT2D eigenvalue weighted by Crippen LogP contribution is -2.67. The number of nitro groups is 1. The van der Waals surface area contributed by atoms with Crippen molar-refractivity contribution in [1.29, 1.82) is 0 Å². The molecule has 2 heterocycles. The SMILES string of the molecule is COc1cc([C@@H]2[C@@H]([N+](=O)[O-])[C@H](O)[C@@H]3OC(C)(C)O[C@H]2C3=O)cc2c1OCO2. The second-order valence-electron chi connectivity index (χ2n) is 7.13. The summed E-state index contributed by atoms with van der Waals surface area (Å²) in [4.78, 5) is 23.9. The molecular weight excluding hydrogens is 362 g/mol. The third-order valence-corrected chi connectivity index (χ3v) is 5.05. The summed E-state index contributed by atoms with van der Waals surface area (Å²) in [6.45, 7) is 3.18. The Morgan fingerprint density at radius 3 is 2.63 bits per heavy atom. The lowest BCUT2D eigenvalue weighted by molar-refractivity contribution is -0.550. The minimum absolute atomic E-state index is 0.0110. The molecule has 1 aromatic carbocycles. The number of aliphatic hydroxyl groups is 1. The molecule has 5 atom stereocenters. The molecule has 1 aliphatic carbocycles. The first-order valence-electron chi connectivity index (χ1n) is 8.42. The lowest BCUT2D eigenvalue weighted by atomic mass is 9.73. The van der Waals surface area contributed by atoms with Crippen LogP contribution < -0.4 is 14.2 Å². The number of aliphatic hydroxyl groups excluding tert-OH is 1. The molecule has 1 N–H and O–H groups in total. The van der Waals surface area contributed by atoms with E-state index in [1.54, 1.807) is 26.0 Å². The van der Waals surface area contributed by atoms with Crippen molar-refractivity contribution in [2.24, 2.45) is 0 Å². The first-order valence-corrected chi connectivity index (χ1v) is 8.42. The average Bonchev–Trinajstić information content (AvgIpc) is 3.07. The van der Waals surface area contributed by atoms with Gasteiger partial charge in [0.05, 0.1) is 13.0 Å². The van der Waals surface area contributed by atoms with E-state index in [1.807, 2.05) is 0 Å². The normalized spacial score (nSPS) is 33.6. The van der Waals surface area contributed by atoms with Crippen LogP contribution in [0, 0.1) is 10.1 Å². The Kier molecular flexibility index (Phi) is 4.02. The number of fused-ring (bicyclic) bond motifs is 3. The highest BCUT2D eigenvalue weighted by atomic mass is 16.7. The van der Waals surface area contributed by atoms with Crippen molar-refractivity contribution in [3.63, 3.8) is 0 Å². The Bertz CT molecular complexity index is 808. The van der Waals surface area contributed by atoms with Gasteiger partial charge in [-0.05, 0) is 31.5 Å². The number of methoxy groups -OCH3 is 1. The summed E-state index contributed by atoms with van der Waals surface area (Å²) >= 11 is 0. The van der Waals surface area contributed by atoms with Gasteiger partial charge < -0.3 is 28.8 Å². The minimum atomic E-state index is -1.62. The molecule has 1 aromatic rings. The van der Waals surface area contributed by atoms with Crippen LogP contribution in [-0.2, 0) is 14.3 Å². The number of nitrogens with zero attached hydrogens (tertiary/aromatic N) is 1. The number of carbonyl (C=O) groups excluding carboxylic acids is 1. The van der Waals surface area contributed by atoms with E-state index < -0.39 is 46.8 Å². The quantitative estimate of drug-likeness (QED) is 0.592. The zero-order valence-electron chi connectivity index (χ0n) is 14.9. The van der Waals surface area contributed by atoms with Crippen molar-refractivity contribution in [1.82, 2.24) is 0 Å². The van der Waals surface area contributed by atoms with Gasteiger partial charge in [0, 0.05) is 4.92 Å². The summed E-state index contributed by atoms with van der Waals surface area (Å²) in [5.74, 6) is -1.70. The predicted octanol–water partition coefficient (Wildman–Crippen LogP) is 0.616. The van der Waals surface area contributed by atoms with E-state index in [9.17, 15) is 20.0 Å². The van der Waals surface area contributed by atoms with Gasteiger partial charge in [0.1, 0.15) is 6.10 Å². The van der Waals surface area contributed by atoms with Crippen LogP contribution in [-0.4, -0.2) is 59.9 Å². The lowest BCUT2D eigenvalue weighted by Gasteiger charge is -2.48. The number of hydrogen-bond acceptors (Lipinski definition) is 9. The summed E-state index contributed by atoms with van der Waals surface area (Å²) in [5, 5.41) is 22.3. The van der Waals surface area contributed by atoms with Crippen molar-refractivity contribution in [3.8, 4) is 17.2 Å². The van der Waals surface area contributed by atoms with E-state index in [0.717, 1.165) is 0 Å². The summed E-state index contributed by atoms with van der Waals surface area (Å²) < 4.78 is 27.2. The van der Waals surface area contributed by atoms with E-state index in [0.29, 0.717) is 22.8 Å². The van der Waals surface area contributed by atoms with Gasteiger partial charge in [-0.15, -0.1) is 0 Å². The number of carbonyl (C=O) groups is 1. The molecule has 4 rings (SSSR count).